The number of carboxylic acids is 1. The zero-order valence-corrected chi connectivity index (χ0v) is 21.9. The molecule has 0 atom stereocenters. The highest BCUT2D eigenvalue weighted by atomic mass is 32.1. The molecule has 0 bridgehead atoms. The van der Waals surface area contributed by atoms with Crippen molar-refractivity contribution in [1.82, 2.24) is 9.88 Å². The van der Waals surface area contributed by atoms with Gasteiger partial charge in [-0.05, 0) is 86.3 Å². The summed E-state index contributed by atoms with van der Waals surface area (Å²) in [5.74, 6) is -0.117. The number of likely N-dealkylation sites (N-methyl/N-ethyl adjacent to an activating group) is 1. The Hall–Kier alpha value is -3.48. The van der Waals surface area contributed by atoms with Gasteiger partial charge in [0, 0.05) is 29.6 Å². The number of benzene rings is 2. The van der Waals surface area contributed by atoms with Gasteiger partial charge in [-0.3, -0.25) is 0 Å². The van der Waals surface area contributed by atoms with Crippen LogP contribution in [0.3, 0.4) is 0 Å². The summed E-state index contributed by atoms with van der Waals surface area (Å²) in [7, 11) is 2.17. The van der Waals surface area contributed by atoms with Gasteiger partial charge in [-0.15, -0.1) is 11.3 Å². The molecular weight excluding hydrogens is 468 g/mol. The summed E-state index contributed by atoms with van der Waals surface area (Å²) in [5.41, 5.74) is 10.6. The number of rotatable bonds is 6. The molecule has 6 heteroatoms. The number of aryl methyl sites for hydroxylation is 1. The number of carboxylic acid groups (broad SMARTS) is 1. The molecule has 0 saturated carbocycles. The van der Waals surface area contributed by atoms with Crippen LogP contribution in [0.5, 0.6) is 5.75 Å². The van der Waals surface area contributed by atoms with Crippen molar-refractivity contribution in [2.24, 2.45) is 0 Å². The van der Waals surface area contributed by atoms with Crippen LogP contribution in [0.1, 0.15) is 43.1 Å². The average molecular weight is 499 g/mol. The smallest absolute Gasteiger partial charge is 0.346 e. The van der Waals surface area contributed by atoms with Crippen molar-refractivity contribution in [1.29, 1.82) is 0 Å². The quantitative estimate of drug-likeness (QED) is 0.322. The van der Waals surface area contributed by atoms with Crippen molar-refractivity contribution in [2.45, 2.75) is 40.3 Å². The van der Waals surface area contributed by atoms with Gasteiger partial charge in [-0.25, -0.2) is 9.78 Å². The van der Waals surface area contributed by atoms with Crippen LogP contribution in [0.25, 0.3) is 22.5 Å². The van der Waals surface area contributed by atoms with Crippen LogP contribution in [0, 0.1) is 20.8 Å². The van der Waals surface area contributed by atoms with E-state index in [1.165, 1.54) is 33.6 Å². The maximum Gasteiger partial charge on any atom is 0.346 e. The monoisotopic (exact) mass is 498 g/mol. The Labute approximate surface area is 216 Å². The first-order valence-corrected chi connectivity index (χ1v) is 13.0. The number of hydrogen-bond acceptors (Lipinski definition) is 5. The number of aromatic nitrogens is 1. The molecule has 0 saturated heterocycles. The molecule has 2 aromatic heterocycles. The summed E-state index contributed by atoms with van der Waals surface area (Å²) in [4.78, 5) is 19.1. The molecule has 0 unspecified atom stereocenters. The SMILES string of the molecule is Cc1ccc(OCc2ccc3c(c2C)CCN(C)C3)c(-c2cccc(-c3csc(C(=O)O)c3C)n2)c1. The summed E-state index contributed by atoms with van der Waals surface area (Å²) >= 11 is 1.24. The third kappa shape index (κ3) is 4.66. The van der Waals surface area contributed by atoms with E-state index in [0.717, 1.165) is 58.9 Å². The van der Waals surface area contributed by atoms with Crippen LogP contribution in [0.15, 0.2) is 53.9 Å². The molecule has 1 N–H and O–H groups in total. The minimum Gasteiger partial charge on any atom is -0.488 e. The van der Waals surface area contributed by atoms with Gasteiger partial charge in [0.2, 0.25) is 0 Å². The van der Waals surface area contributed by atoms with Gasteiger partial charge >= 0.3 is 5.97 Å². The van der Waals surface area contributed by atoms with E-state index in [4.69, 9.17) is 9.72 Å². The molecule has 0 radical (unpaired) electrons. The van der Waals surface area contributed by atoms with Crippen molar-refractivity contribution in [2.75, 3.05) is 13.6 Å². The number of nitrogens with zero attached hydrogens (tertiary/aromatic N) is 2. The van der Waals surface area contributed by atoms with Gasteiger partial charge in [0.15, 0.2) is 0 Å². The Morgan fingerprint density at radius 3 is 2.58 bits per heavy atom. The molecule has 0 fully saturated rings. The predicted molar refractivity (Wildman–Crippen MR) is 145 cm³/mol. The highest BCUT2D eigenvalue weighted by Gasteiger charge is 2.19. The molecular formula is C30H30N2O3S. The van der Waals surface area contributed by atoms with E-state index >= 15 is 0 Å². The number of pyridine rings is 1. The Morgan fingerprint density at radius 1 is 1.06 bits per heavy atom. The third-order valence-electron chi connectivity index (χ3n) is 7.04. The van der Waals surface area contributed by atoms with Crippen molar-refractivity contribution in [3.05, 3.63) is 92.2 Å². The van der Waals surface area contributed by atoms with Gasteiger partial charge in [0.25, 0.3) is 0 Å². The fourth-order valence-electron chi connectivity index (χ4n) is 4.93. The fourth-order valence-corrected chi connectivity index (χ4v) is 5.85. The number of ether oxygens (including phenoxy) is 1. The lowest BCUT2D eigenvalue weighted by Gasteiger charge is -2.27. The van der Waals surface area contributed by atoms with E-state index in [-0.39, 0.29) is 0 Å². The van der Waals surface area contributed by atoms with Crippen LogP contribution in [0.2, 0.25) is 0 Å². The molecule has 5 rings (SSSR count). The van der Waals surface area contributed by atoms with E-state index in [1.807, 2.05) is 36.6 Å². The molecule has 4 aromatic rings. The first-order valence-electron chi connectivity index (χ1n) is 12.1. The second kappa shape index (κ2) is 9.88. The summed E-state index contributed by atoms with van der Waals surface area (Å²) in [5, 5.41) is 11.3. The molecule has 2 aromatic carbocycles. The molecule has 1 aliphatic heterocycles. The second-order valence-corrected chi connectivity index (χ2v) is 10.5. The van der Waals surface area contributed by atoms with E-state index in [1.54, 1.807) is 0 Å². The highest BCUT2D eigenvalue weighted by molar-refractivity contribution is 7.12. The van der Waals surface area contributed by atoms with Crippen molar-refractivity contribution in [3.8, 4) is 28.3 Å². The Morgan fingerprint density at radius 2 is 1.83 bits per heavy atom. The van der Waals surface area contributed by atoms with E-state index in [9.17, 15) is 9.90 Å². The summed E-state index contributed by atoms with van der Waals surface area (Å²) < 4.78 is 6.40. The fraction of sp³-hybridized carbons (Fsp3) is 0.267. The van der Waals surface area contributed by atoms with Gasteiger partial charge in [0.1, 0.15) is 17.2 Å². The zero-order chi connectivity index (χ0) is 25.4. The molecule has 0 aliphatic carbocycles. The van der Waals surface area contributed by atoms with Gasteiger partial charge in [0.05, 0.1) is 11.4 Å². The van der Waals surface area contributed by atoms with Crippen LogP contribution < -0.4 is 4.74 Å². The maximum atomic E-state index is 11.5. The highest BCUT2D eigenvalue weighted by Crippen LogP contribution is 2.35. The first kappa shape index (κ1) is 24.2. The van der Waals surface area contributed by atoms with Gasteiger partial charge < -0.3 is 14.7 Å². The minimum atomic E-state index is -0.904. The number of aromatic carboxylic acids is 1. The van der Waals surface area contributed by atoms with Crippen LogP contribution in [-0.2, 0) is 19.6 Å². The number of thiophene rings is 1. The predicted octanol–water partition coefficient (Wildman–Crippen LogP) is 6.67. The number of carbonyl (C=O) groups is 1. The standard InChI is InChI=1S/C30H30N2O3S/c1-18-8-11-28(35-16-22-10-9-21-15-32(4)13-12-23(21)19(22)2)24(14-18)26-6-5-7-27(31-26)25-17-36-29(20(25)3)30(33)34/h5-11,14,17H,12-13,15-16H2,1-4H3,(H,33,34). The van der Waals surface area contributed by atoms with Gasteiger partial charge in [-0.2, -0.15) is 0 Å². The number of fused-ring (bicyclic) bond motifs is 1. The maximum absolute atomic E-state index is 11.5. The minimum absolute atomic E-state index is 0.351. The molecule has 5 nitrogen and oxygen atoms in total. The van der Waals surface area contributed by atoms with E-state index in [2.05, 4.69) is 50.1 Å². The van der Waals surface area contributed by atoms with Crippen LogP contribution in [-0.4, -0.2) is 34.6 Å². The lowest BCUT2D eigenvalue weighted by Crippen LogP contribution is -2.27. The Kier molecular flexibility index (Phi) is 6.65. The third-order valence-corrected chi connectivity index (χ3v) is 8.11. The molecule has 3 heterocycles. The lowest BCUT2D eigenvalue weighted by atomic mass is 9.92. The van der Waals surface area contributed by atoms with E-state index < -0.39 is 5.97 Å². The topological polar surface area (TPSA) is 62.7 Å². The van der Waals surface area contributed by atoms with Crippen molar-refractivity contribution < 1.29 is 14.6 Å². The molecule has 1 aliphatic rings. The Bertz CT molecular complexity index is 1460. The van der Waals surface area contributed by atoms with Crippen molar-refractivity contribution in [3.63, 3.8) is 0 Å². The zero-order valence-electron chi connectivity index (χ0n) is 21.1. The number of hydrogen-bond donors (Lipinski definition) is 1. The molecule has 36 heavy (non-hydrogen) atoms. The largest absolute Gasteiger partial charge is 0.488 e. The van der Waals surface area contributed by atoms with Crippen molar-refractivity contribution >= 4 is 17.3 Å². The van der Waals surface area contributed by atoms with Gasteiger partial charge in [-0.1, -0.05) is 29.8 Å². The molecule has 0 spiro atoms. The summed E-state index contributed by atoms with van der Waals surface area (Å²) in [6, 6.07) is 16.5. The second-order valence-electron chi connectivity index (χ2n) is 9.58. The van der Waals surface area contributed by atoms with E-state index in [0.29, 0.717) is 11.5 Å². The Balaban J connectivity index is 1.45. The lowest BCUT2D eigenvalue weighted by molar-refractivity contribution is 0.0701. The van der Waals surface area contributed by atoms with Crippen LogP contribution in [0.4, 0.5) is 0 Å². The first-order chi connectivity index (χ1) is 17.3. The normalized spacial score (nSPS) is 13.4. The molecule has 0 amide bonds. The van der Waals surface area contributed by atoms with Crippen LogP contribution >= 0.6 is 11.3 Å². The molecule has 184 valence electrons. The summed E-state index contributed by atoms with van der Waals surface area (Å²) in [6.07, 6.45) is 1.07. The average Bonchev–Trinajstić information content (AvgIpc) is 3.26. The summed E-state index contributed by atoms with van der Waals surface area (Å²) in [6.45, 7) is 8.68.